The van der Waals surface area contributed by atoms with Gasteiger partial charge in [0.1, 0.15) is 9.84 Å². The number of nitrogen functional groups attached to an aromatic ring is 1. The van der Waals surface area contributed by atoms with E-state index in [4.69, 9.17) is 15.2 Å². The first-order valence-electron chi connectivity index (χ1n) is 8.43. The zero-order chi connectivity index (χ0) is 19.3. The molecule has 2 aromatic rings. The van der Waals surface area contributed by atoms with Gasteiger partial charge in [-0.25, -0.2) is 8.42 Å². The third-order valence-electron chi connectivity index (χ3n) is 4.04. The minimum absolute atomic E-state index is 0.000109. The van der Waals surface area contributed by atoms with Crippen LogP contribution in [-0.4, -0.2) is 39.1 Å². The molecule has 2 rings (SSSR count). The summed E-state index contributed by atoms with van der Waals surface area (Å²) in [7, 11) is -1.62. The molecule has 1 heterocycles. The monoisotopic (exact) mass is 378 g/mol. The number of ether oxygens (including phenoxy) is 2. The maximum Gasteiger partial charge on any atom is 0.161 e. The molecule has 0 aliphatic carbocycles. The van der Waals surface area contributed by atoms with Crippen molar-refractivity contribution < 1.29 is 17.9 Å². The number of methoxy groups -OCH3 is 1. The summed E-state index contributed by atoms with van der Waals surface area (Å²) in [6, 6.07) is 7.34. The second-order valence-electron chi connectivity index (χ2n) is 6.39. The van der Waals surface area contributed by atoms with Gasteiger partial charge < -0.3 is 15.2 Å². The maximum atomic E-state index is 12.0. The number of aromatic nitrogens is 1. The van der Waals surface area contributed by atoms with E-state index >= 15 is 0 Å². The van der Waals surface area contributed by atoms with Gasteiger partial charge in [0, 0.05) is 18.4 Å². The summed E-state index contributed by atoms with van der Waals surface area (Å²) in [5.41, 5.74) is 9.16. The number of benzene rings is 1. The Kier molecular flexibility index (Phi) is 6.47. The number of aryl methyl sites for hydroxylation is 1. The van der Waals surface area contributed by atoms with Gasteiger partial charge in [0.05, 0.1) is 30.9 Å². The van der Waals surface area contributed by atoms with Crippen molar-refractivity contribution in [1.29, 1.82) is 0 Å². The van der Waals surface area contributed by atoms with Crippen molar-refractivity contribution in [2.45, 2.75) is 26.2 Å². The van der Waals surface area contributed by atoms with Crippen molar-refractivity contribution in [1.82, 2.24) is 4.98 Å². The van der Waals surface area contributed by atoms with E-state index < -0.39 is 9.84 Å². The molecule has 1 aromatic carbocycles. The highest BCUT2D eigenvalue weighted by Crippen LogP contribution is 2.33. The van der Waals surface area contributed by atoms with Crippen molar-refractivity contribution in [2.75, 3.05) is 31.5 Å². The van der Waals surface area contributed by atoms with Crippen LogP contribution in [0.3, 0.4) is 0 Å². The lowest BCUT2D eigenvalue weighted by Crippen LogP contribution is -2.17. The highest BCUT2D eigenvalue weighted by molar-refractivity contribution is 7.90. The van der Waals surface area contributed by atoms with Crippen molar-refractivity contribution in [3.63, 3.8) is 0 Å². The minimum atomic E-state index is -3.19. The van der Waals surface area contributed by atoms with Crippen LogP contribution < -0.4 is 15.2 Å². The van der Waals surface area contributed by atoms with Crippen LogP contribution in [0.5, 0.6) is 11.5 Å². The van der Waals surface area contributed by atoms with Gasteiger partial charge in [0.25, 0.3) is 0 Å². The highest BCUT2D eigenvalue weighted by atomic mass is 32.2. The van der Waals surface area contributed by atoms with Crippen molar-refractivity contribution in [3.05, 3.63) is 47.3 Å². The molecule has 0 unspecified atom stereocenters. The fourth-order valence-electron chi connectivity index (χ4n) is 2.88. The Labute approximate surface area is 155 Å². The first-order valence-corrected chi connectivity index (χ1v) is 10.5. The smallest absolute Gasteiger partial charge is 0.161 e. The summed E-state index contributed by atoms with van der Waals surface area (Å²) in [6.45, 7) is 4.29. The molecule has 0 saturated heterocycles. The Balaban J connectivity index is 2.42. The molecule has 1 aromatic heterocycles. The number of nitrogens with zero attached hydrogens (tertiary/aromatic N) is 1. The predicted octanol–water partition coefficient (Wildman–Crippen LogP) is 2.75. The summed E-state index contributed by atoms with van der Waals surface area (Å²) in [6.07, 6.45) is 3.40. The van der Waals surface area contributed by atoms with E-state index in [9.17, 15) is 8.42 Å². The fourth-order valence-corrected chi connectivity index (χ4v) is 3.92. The van der Waals surface area contributed by atoms with Gasteiger partial charge in [0.15, 0.2) is 11.5 Å². The summed E-state index contributed by atoms with van der Waals surface area (Å²) < 4.78 is 34.9. The van der Waals surface area contributed by atoms with Gasteiger partial charge in [0.2, 0.25) is 0 Å². The average Bonchev–Trinajstić information content (AvgIpc) is 2.55. The molecule has 0 bridgehead atoms. The SMILES string of the molecule is CCOc1cc([C@H](Cc2ncc(C)cc2N)CS(C)(=O)=O)ccc1OC. The van der Waals surface area contributed by atoms with Gasteiger partial charge in [-0.2, -0.15) is 0 Å². The van der Waals surface area contributed by atoms with Crippen LogP contribution in [0.15, 0.2) is 30.5 Å². The van der Waals surface area contributed by atoms with Gasteiger partial charge in [-0.3, -0.25) is 4.98 Å². The Bertz CT molecular complexity index is 866. The zero-order valence-corrected chi connectivity index (χ0v) is 16.5. The van der Waals surface area contributed by atoms with Crippen LogP contribution in [0.1, 0.15) is 29.7 Å². The van der Waals surface area contributed by atoms with E-state index in [0.717, 1.165) is 11.1 Å². The van der Waals surface area contributed by atoms with Gasteiger partial charge in [-0.1, -0.05) is 6.07 Å². The number of nitrogens with two attached hydrogens (primary N) is 1. The minimum Gasteiger partial charge on any atom is -0.493 e. The summed E-state index contributed by atoms with van der Waals surface area (Å²) in [5.74, 6) is 0.921. The molecule has 142 valence electrons. The number of sulfone groups is 1. The summed E-state index contributed by atoms with van der Waals surface area (Å²) >= 11 is 0. The Morgan fingerprint density at radius 1 is 1.23 bits per heavy atom. The standard InChI is InChI=1S/C19H26N2O4S/c1-5-25-19-10-14(6-7-18(19)24-3)15(12-26(4,22)23)9-17-16(20)8-13(2)11-21-17/h6-8,10-11,15H,5,9,12,20H2,1-4H3/t15-/m1/s1. The molecule has 0 fully saturated rings. The molecule has 26 heavy (non-hydrogen) atoms. The molecule has 0 saturated carbocycles. The maximum absolute atomic E-state index is 12.0. The molecule has 0 amide bonds. The molecular formula is C19H26N2O4S. The topological polar surface area (TPSA) is 91.5 Å². The fraction of sp³-hybridized carbons (Fsp3) is 0.421. The second kappa shape index (κ2) is 8.40. The molecule has 7 heteroatoms. The Hall–Kier alpha value is -2.28. The normalized spacial score (nSPS) is 12.6. The van der Waals surface area contributed by atoms with Crippen LogP contribution in [0, 0.1) is 6.92 Å². The van der Waals surface area contributed by atoms with E-state index in [0.29, 0.717) is 35.9 Å². The van der Waals surface area contributed by atoms with E-state index in [1.807, 2.05) is 32.0 Å². The lowest BCUT2D eigenvalue weighted by Gasteiger charge is -2.19. The van der Waals surface area contributed by atoms with Crippen LogP contribution in [0.4, 0.5) is 5.69 Å². The number of rotatable bonds is 8. The molecule has 1 atom stereocenters. The molecule has 0 aliphatic rings. The molecule has 0 aliphatic heterocycles. The molecule has 0 spiro atoms. The van der Waals surface area contributed by atoms with Crippen LogP contribution in [0.2, 0.25) is 0 Å². The average molecular weight is 378 g/mol. The van der Waals surface area contributed by atoms with Crippen molar-refractivity contribution >= 4 is 15.5 Å². The largest absolute Gasteiger partial charge is 0.493 e. The van der Waals surface area contributed by atoms with Gasteiger partial charge in [-0.05, 0) is 49.6 Å². The summed E-state index contributed by atoms with van der Waals surface area (Å²) in [4.78, 5) is 4.39. The molecular weight excluding hydrogens is 352 g/mol. The van der Waals surface area contributed by atoms with E-state index in [1.165, 1.54) is 6.26 Å². The number of anilines is 1. The summed E-state index contributed by atoms with van der Waals surface area (Å²) in [5, 5.41) is 0. The van der Waals surface area contributed by atoms with Crippen molar-refractivity contribution in [2.24, 2.45) is 0 Å². The lowest BCUT2D eigenvalue weighted by atomic mass is 9.94. The molecule has 0 radical (unpaired) electrons. The van der Waals surface area contributed by atoms with E-state index in [-0.39, 0.29) is 11.7 Å². The molecule has 6 nitrogen and oxygen atoms in total. The second-order valence-corrected chi connectivity index (χ2v) is 8.57. The van der Waals surface area contributed by atoms with E-state index in [2.05, 4.69) is 4.98 Å². The van der Waals surface area contributed by atoms with Crippen LogP contribution in [-0.2, 0) is 16.3 Å². The van der Waals surface area contributed by atoms with E-state index in [1.54, 1.807) is 19.4 Å². The van der Waals surface area contributed by atoms with Crippen LogP contribution in [0.25, 0.3) is 0 Å². The quantitative estimate of drug-likeness (QED) is 0.759. The Morgan fingerprint density at radius 2 is 1.96 bits per heavy atom. The third kappa shape index (κ3) is 5.36. The number of hydrogen-bond donors (Lipinski definition) is 1. The van der Waals surface area contributed by atoms with Crippen molar-refractivity contribution in [3.8, 4) is 11.5 Å². The van der Waals surface area contributed by atoms with Gasteiger partial charge in [-0.15, -0.1) is 0 Å². The van der Waals surface area contributed by atoms with Crippen LogP contribution >= 0.6 is 0 Å². The highest BCUT2D eigenvalue weighted by Gasteiger charge is 2.21. The zero-order valence-electron chi connectivity index (χ0n) is 15.7. The van der Waals surface area contributed by atoms with Gasteiger partial charge >= 0.3 is 0 Å². The lowest BCUT2D eigenvalue weighted by molar-refractivity contribution is 0.310. The predicted molar refractivity (Wildman–Crippen MR) is 104 cm³/mol. The first kappa shape index (κ1) is 20.0. The number of pyridine rings is 1. The number of hydrogen-bond acceptors (Lipinski definition) is 6. The molecule has 2 N–H and O–H groups in total. The Morgan fingerprint density at radius 3 is 2.54 bits per heavy atom. The first-order chi connectivity index (χ1) is 12.2. The third-order valence-corrected chi connectivity index (χ3v) is 5.05.